The van der Waals surface area contributed by atoms with E-state index in [-0.39, 0.29) is 17.8 Å². The van der Waals surface area contributed by atoms with Gasteiger partial charge in [-0.05, 0) is 24.6 Å². The summed E-state index contributed by atoms with van der Waals surface area (Å²) in [6, 6.07) is 5.24. The van der Waals surface area contributed by atoms with Crippen molar-refractivity contribution in [3.05, 3.63) is 29.3 Å². The van der Waals surface area contributed by atoms with Crippen molar-refractivity contribution in [1.29, 1.82) is 0 Å². The van der Waals surface area contributed by atoms with Crippen LogP contribution in [-0.2, 0) is 16.1 Å². The van der Waals surface area contributed by atoms with Crippen molar-refractivity contribution in [2.75, 3.05) is 5.32 Å². The average molecular weight is 247 g/mol. The second kappa shape index (κ2) is 5.21. The van der Waals surface area contributed by atoms with E-state index in [1.165, 1.54) is 0 Å². The summed E-state index contributed by atoms with van der Waals surface area (Å²) >= 11 is 0. The van der Waals surface area contributed by atoms with Crippen LogP contribution in [0.2, 0.25) is 0 Å². The van der Waals surface area contributed by atoms with Gasteiger partial charge in [-0.15, -0.1) is 0 Å². The molecule has 1 N–H and O–H groups in total. The van der Waals surface area contributed by atoms with Gasteiger partial charge >= 0.3 is 5.97 Å². The molecule has 0 spiro atoms. The summed E-state index contributed by atoms with van der Waals surface area (Å²) in [5, 5.41) is 2.87. The first kappa shape index (κ1) is 12.6. The zero-order chi connectivity index (χ0) is 13.1. The molecule has 0 radical (unpaired) electrons. The van der Waals surface area contributed by atoms with Crippen molar-refractivity contribution < 1.29 is 14.3 Å². The summed E-state index contributed by atoms with van der Waals surface area (Å²) in [6.07, 6.45) is 1.86. The third-order valence-corrected chi connectivity index (χ3v) is 3.12. The maximum atomic E-state index is 11.9. The van der Waals surface area contributed by atoms with Gasteiger partial charge in [0, 0.05) is 17.2 Å². The molecule has 0 saturated carbocycles. The summed E-state index contributed by atoms with van der Waals surface area (Å²) in [5.74, 6) is -0.273. The Bertz CT molecular complexity index is 482. The molecule has 1 aromatic carbocycles. The van der Waals surface area contributed by atoms with Gasteiger partial charge in [0.05, 0.1) is 5.56 Å². The summed E-state index contributed by atoms with van der Waals surface area (Å²) < 4.78 is 4.92. The predicted octanol–water partition coefficient (Wildman–Crippen LogP) is 2.73. The molecule has 18 heavy (non-hydrogen) atoms. The summed E-state index contributed by atoms with van der Waals surface area (Å²) in [6.45, 7) is 4.27. The standard InChI is InChI=1S/C14H17NO3/c1-3-4-9(2)13(16)15-11-5-6-12-10(7-11)8-18-14(12)17/h5-7,9H,3-4,8H2,1-2H3,(H,15,16). The Kier molecular flexibility index (Phi) is 3.65. The molecule has 1 atom stereocenters. The lowest BCUT2D eigenvalue weighted by Crippen LogP contribution is -2.20. The van der Waals surface area contributed by atoms with Gasteiger partial charge in [-0.25, -0.2) is 4.79 Å². The van der Waals surface area contributed by atoms with Crippen molar-refractivity contribution in [2.45, 2.75) is 33.3 Å². The highest BCUT2D eigenvalue weighted by Gasteiger charge is 2.21. The molecule has 0 aromatic heterocycles. The number of cyclic esters (lactones) is 1. The number of rotatable bonds is 4. The fourth-order valence-electron chi connectivity index (χ4n) is 2.04. The van der Waals surface area contributed by atoms with Crippen LogP contribution >= 0.6 is 0 Å². The van der Waals surface area contributed by atoms with Crippen LogP contribution in [0.5, 0.6) is 0 Å². The normalized spacial score (nSPS) is 14.9. The molecular weight excluding hydrogens is 230 g/mol. The molecule has 1 unspecified atom stereocenters. The Hall–Kier alpha value is -1.84. The van der Waals surface area contributed by atoms with Gasteiger partial charge < -0.3 is 10.1 Å². The number of hydrogen-bond donors (Lipinski definition) is 1. The van der Waals surface area contributed by atoms with Crippen LogP contribution in [-0.4, -0.2) is 11.9 Å². The average Bonchev–Trinajstić information content (AvgIpc) is 2.71. The van der Waals surface area contributed by atoms with Crippen molar-refractivity contribution in [3.8, 4) is 0 Å². The van der Waals surface area contributed by atoms with E-state index < -0.39 is 0 Å². The van der Waals surface area contributed by atoms with Gasteiger partial charge in [-0.1, -0.05) is 20.3 Å². The van der Waals surface area contributed by atoms with Crippen LogP contribution in [0.25, 0.3) is 0 Å². The number of fused-ring (bicyclic) bond motifs is 1. The molecular formula is C14H17NO3. The van der Waals surface area contributed by atoms with Crippen molar-refractivity contribution in [2.24, 2.45) is 5.92 Å². The summed E-state index contributed by atoms with van der Waals surface area (Å²) in [4.78, 5) is 23.1. The third-order valence-electron chi connectivity index (χ3n) is 3.12. The van der Waals surface area contributed by atoms with Gasteiger partial charge in [-0.3, -0.25) is 4.79 Å². The smallest absolute Gasteiger partial charge is 0.338 e. The molecule has 1 heterocycles. The van der Waals surface area contributed by atoms with E-state index in [9.17, 15) is 9.59 Å². The Balaban J connectivity index is 2.07. The number of hydrogen-bond acceptors (Lipinski definition) is 3. The second-order valence-corrected chi connectivity index (χ2v) is 4.63. The first-order chi connectivity index (χ1) is 8.61. The number of ether oxygens (including phenoxy) is 1. The highest BCUT2D eigenvalue weighted by atomic mass is 16.5. The third kappa shape index (κ3) is 2.53. The van der Waals surface area contributed by atoms with E-state index in [1.54, 1.807) is 18.2 Å². The lowest BCUT2D eigenvalue weighted by Gasteiger charge is -2.11. The van der Waals surface area contributed by atoms with E-state index in [4.69, 9.17) is 4.74 Å². The molecule has 0 saturated heterocycles. The van der Waals surface area contributed by atoms with E-state index >= 15 is 0 Å². The number of amides is 1. The van der Waals surface area contributed by atoms with Crippen LogP contribution in [0.3, 0.4) is 0 Å². The van der Waals surface area contributed by atoms with Crippen LogP contribution in [0.1, 0.15) is 42.6 Å². The molecule has 4 nitrogen and oxygen atoms in total. The van der Waals surface area contributed by atoms with Gasteiger partial charge in [0.1, 0.15) is 6.61 Å². The number of benzene rings is 1. The lowest BCUT2D eigenvalue weighted by molar-refractivity contribution is -0.119. The first-order valence-corrected chi connectivity index (χ1v) is 6.22. The molecule has 4 heteroatoms. The minimum Gasteiger partial charge on any atom is -0.457 e. The molecule has 0 fully saturated rings. The second-order valence-electron chi connectivity index (χ2n) is 4.63. The predicted molar refractivity (Wildman–Crippen MR) is 68.3 cm³/mol. The summed E-state index contributed by atoms with van der Waals surface area (Å²) in [5.41, 5.74) is 2.15. The lowest BCUT2D eigenvalue weighted by atomic mass is 10.0. The highest BCUT2D eigenvalue weighted by Crippen LogP contribution is 2.23. The highest BCUT2D eigenvalue weighted by molar-refractivity contribution is 5.96. The maximum absolute atomic E-state index is 11.9. The zero-order valence-electron chi connectivity index (χ0n) is 10.7. The number of carbonyl (C=O) groups excluding carboxylic acids is 2. The Morgan fingerprint density at radius 1 is 1.50 bits per heavy atom. The maximum Gasteiger partial charge on any atom is 0.338 e. The van der Waals surface area contributed by atoms with E-state index in [1.807, 2.05) is 6.92 Å². The van der Waals surface area contributed by atoms with Gasteiger partial charge in [-0.2, -0.15) is 0 Å². The van der Waals surface area contributed by atoms with Gasteiger partial charge in [0.2, 0.25) is 5.91 Å². The molecule has 1 aliphatic heterocycles. The van der Waals surface area contributed by atoms with Crippen LogP contribution in [0.15, 0.2) is 18.2 Å². The topological polar surface area (TPSA) is 55.4 Å². The molecule has 1 aliphatic rings. The number of carbonyl (C=O) groups is 2. The monoisotopic (exact) mass is 247 g/mol. The molecule has 1 amide bonds. The van der Waals surface area contributed by atoms with Crippen molar-refractivity contribution in [3.63, 3.8) is 0 Å². The van der Waals surface area contributed by atoms with Crippen LogP contribution in [0.4, 0.5) is 5.69 Å². The largest absolute Gasteiger partial charge is 0.457 e. The Morgan fingerprint density at radius 2 is 2.28 bits per heavy atom. The molecule has 0 aliphatic carbocycles. The summed E-state index contributed by atoms with van der Waals surface area (Å²) in [7, 11) is 0. The van der Waals surface area contributed by atoms with Gasteiger partial charge in [0.15, 0.2) is 0 Å². The molecule has 96 valence electrons. The van der Waals surface area contributed by atoms with E-state index in [2.05, 4.69) is 12.2 Å². The van der Waals surface area contributed by atoms with Gasteiger partial charge in [0.25, 0.3) is 0 Å². The van der Waals surface area contributed by atoms with Crippen LogP contribution < -0.4 is 5.32 Å². The molecule has 2 rings (SSSR count). The fourth-order valence-corrected chi connectivity index (χ4v) is 2.04. The van der Waals surface area contributed by atoms with Crippen LogP contribution in [0, 0.1) is 5.92 Å². The minimum absolute atomic E-state index is 0.00105. The first-order valence-electron chi connectivity index (χ1n) is 6.22. The number of anilines is 1. The van der Waals surface area contributed by atoms with E-state index in [0.29, 0.717) is 12.2 Å². The molecule has 1 aromatic rings. The number of esters is 1. The number of nitrogens with one attached hydrogen (secondary N) is 1. The van der Waals surface area contributed by atoms with Crippen molar-refractivity contribution >= 4 is 17.6 Å². The fraction of sp³-hybridized carbons (Fsp3) is 0.429. The minimum atomic E-state index is -0.290. The van der Waals surface area contributed by atoms with E-state index in [0.717, 1.165) is 24.1 Å². The SMILES string of the molecule is CCCC(C)C(=O)Nc1ccc2c(c1)COC2=O. The quantitative estimate of drug-likeness (QED) is 0.832. The van der Waals surface area contributed by atoms with Crippen molar-refractivity contribution in [1.82, 2.24) is 0 Å². The Morgan fingerprint density at radius 3 is 3.00 bits per heavy atom. The zero-order valence-corrected chi connectivity index (χ0v) is 10.7. The Labute approximate surface area is 106 Å². The molecule has 0 bridgehead atoms.